The van der Waals surface area contributed by atoms with Gasteiger partial charge in [-0.2, -0.15) is 0 Å². The molecule has 1 aromatic rings. The average molecular weight is 387 g/mol. The molecule has 2 aliphatic carbocycles. The van der Waals surface area contributed by atoms with Crippen molar-refractivity contribution in [2.45, 2.75) is 102 Å². The summed E-state index contributed by atoms with van der Waals surface area (Å²) in [6.07, 6.45) is 15.4. The lowest BCUT2D eigenvalue weighted by molar-refractivity contribution is -0.000478. The number of hydrogen-bond donors (Lipinski definition) is 0. The summed E-state index contributed by atoms with van der Waals surface area (Å²) in [4.78, 5) is 0. The van der Waals surface area contributed by atoms with Crippen LogP contribution in [0.3, 0.4) is 0 Å². The zero-order chi connectivity index (χ0) is 19.2. The van der Waals surface area contributed by atoms with Crippen molar-refractivity contribution in [3.05, 3.63) is 29.8 Å². The first-order valence-corrected chi connectivity index (χ1v) is 11.8. The average Bonchev–Trinajstić information content (AvgIpc) is 3.52. The number of benzene rings is 1. The first kappa shape index (κ1) is 20.2. The van der Waals surface area contributed by atoms with Gasteiger partial charge in [0.2, 0.25) is 0 Å². The molecule has 3 aliphatic rings. The fourth-order valence-electron chi connectivity index (χ4n) is 5.03. The minimum absolute atomic E-state index is 0.472. The molecule has 2 saturated carbocycles. The maximum absolute atomic E-state index is 6.29. The van der Waals surface area contributed by atoms with Gasteiger partial charge in [0.1, 0.15) is 5.75 Å². The fourth-order valence-corrected chi connectivity index (χ4v) is 5.03. The van der Waals surface area contributed by atoms with Crippen LogP contribution in [0.5, 0.6) is 5.75 Å². The van der Waals surface area contributed by atoms with Crippen LogP contribution in [0.4, 0.5) is 0 Å². The van der Waals surface area contributed by atoms with Gasteiger partial charge in [0, 0.05) is 6.61 Å². The molecule has 3 unspecified atom stereocenters. The largest absolute Gasteiger partial charge is 0.494 e. The third kappa shape index (κ3) is 5.73. The van der Waals surface area contributed by atoms with Crippen LogP contribution in [0.25, 0.3) is 0 Å². The van der Waals surface area contributed by atoms with E-state index in [0.717, 1.165) is 31.3 Å². The van der Waals surface area contributed by atoms with E-state index in [9.17, 15) is 0 Å². The van der Waals surface area contributed by atoms with Gasteiger partial charge in [0.25, 0.3) is 0 Å². The molecule has 1 aromatic carbocycles. The van der Waals surface area contributed by atoms with Gasteiger partial charge in [0.15, 0.2) is 0 Å². The van der Waals surface area contributed by atoms with Crippen molar-refractivity contribution in [3.63, 3.8) is 0 Å². The van der Waals surface area contributed by atoms with Crippen molar-refractivity contribution in [1.29, 1.82) is 0 Å². The molecule has 0 amide bonds. The van der Waals surface area contributed by atoms with Crippen molar-refractivity contribution in [2.24, 2.45) is 5.92 Å². The number of epoxide rings is 1. The molecule has 1 saturated heterocycles. The van der Waals surface area contributed by atoms with E-state index in [1.54, 1.807) is 0 Å². The van der Waals surface area contributed by atoms with Gasteiger partial charge < -0.3 is 14.2 Å². The first-order chi connectivity index (χ1) is 13.8. The van der Waals surface area contributed by atoms with Crippen molar-refractivity contribution < 1.29 is 14.2 Å². The van der Waals surface area contributed by atoms with Crippen LogP contribution in [0, 0.1) is 5.92 Å². The van der Waals surface area contributed by atoms with Crippen LogP contribution in [0.2, 0.25) is 0 Å². The highest BCUT2D eigenvalue weighted by Gasteiger charge is 2.43. The second-order valence-corrected chi connectivity index (χ2v) is 9.18. The maximum atomic E-state index is 6.29. The summed E-state index contributed by atoms with van der Waals surface area (Å²) in [6.45, 7) is 4.04. The Morgan fingerprint density at radius 1 is 0.893 bits per heavy atom. The van der Waals surface area contributed by atoms with E-state index >= 15 is 0 Å². The Hall–Kier alpha value is -1.06. The summed E-state index contributed by atoms with van der Waals surface area (Å²) >= 11 is 0. The lowest BCUT2D eigenvalue weighted by Crippen LogP contribution is -2.25. The van der Waals surface area contributed by atoms with Gasteiger partial charge in [-0.15, -0.1) is 0 Å². The molecule has 3 nitrogen and oxygen atoms in total. The normalized spacial score (nSPS) is 32.0. The zero-order valence-corrected chi connectivity index (χ0v) is 17.6. The van der Waals surface area contributed by atoms with Crippen LogP contribution in [-0.4, -0.2) is 31.5 Å². The summed E-state index contributed by atoms with van der Waals surface area (Å²) in [5.74, 6) is 2.44. The Labute approximate surface area is 171 Å². The Bertz CT molecular complexity index is 576. The molecule has 3 atom stereocenters. The van der Waals surface area contributed by atoms with E-state index in [1.165, 1.54) is 69.8 Å². The number of ether oxygens (including phenoxy) is 3. The minimum Gasteiger partial charge on any atom is -0.494 e. The van der Waals surface area contributed by atoms with Crippen LogP contribution < -0.4 is 4.74 Å². The maximum Gasteiger partial charge on any atom is 0.119 e. The molecule has 3 heteroatoms. The highest BCUT2D eigenvalue weighted by Crippen LogP contribution is 2.40. The second kappa shape index (κ2) is 10.1. The Morgan fingerprint density at radius 2 is 1.71 bits per heavy atom. The molecule has 4 rings (SSSR count). The Balaban J connectivity index is 1.13. The molecular weight excluding hydrogens is 348 g/mol. The number of unbranched alkanes of at least 4 members (excludes halogenated alkanes) is 3. The fraction of sp³-hybridized carbons (Fsp3) is 0.760. The predicted octanol–water partition coefficient (Wildman–Crippen LogP) is 6.26. The summed E-state index contributed by atoms with van der Waals surface area (Å²) in [7, 11) is 0. The van der Waals surface area contributed by atoms with E-state index in [2.05, 4.69) is 31.2 Å². The minimum atomic E-state index is 0.472. The highest BCUT2D eigenvalue weighted by molar-refractivity contribution is 5.29. The molecule has 0 bridgehead atoms. The third-order valence-corrected chi connectivity index (χ3v) is 6.97. The SMILES string of the molecule is CCCCCCOc1ccc(C2CCC(OCC3CCC4OC4C3)CC2)cc1. The molecule has 28 heavy (non-hydrogen) atoms. The molecule has 0 aromatic heterocycles. The molecule has 0 N–H and O–H groups in total. The Morgan fingerprint density at radius 3 is 2.46 bits per heavy atom. The molecule has 3 fully saturated rings. The summed E-state index contributed by atoms with van der Waals surface area (Å²) in [5.41, 5.74) is 1.47. The van der Waals surface area contributed by atoms with Gasteiger partial charge in [-0.1, -0.05) is 38.3 Å². The van der Waals surface area contributed by atoms with E-state index in [-0.39, 0.29) is 0 Å². The quantitative estimate of drug-likeness (QED) is 0.351. The van der Waals surface area contributed by atoms with Crippen molar-refractivity contribution in [1.82, 2.24) is 0 Å². The monoisotopic (exact) mass is 386 g/mol. The highest BCUT2D eigenvalue weighted by atomic mass is 16.6. The number of hydrogen-bond acceptors (Lipinski definition) is 3. The van der Waals surface area contributed by atoms with Crippen molar-refractivity contribution in [2.75, 3.05) is 13.2 Å². The predicted molar refractivity (Wildman–Crippen MR) is 113 cm³/mol. The van der Waals surface area contributed by atoms with Crippen molar-refractivity contribution >= 4 is 0 Å². The lowest BCUT2D eigenvalue weighted by atomic mass is 9.82. The number of rotatable bonds is 10. The van der Waals surface area contributed by atoms with Crippen LogP contribution in [0.15, 0.2) is 24.3 Å². The van der Waals surface area contributed by atoms with Gasteiger partial charge in [-0.05, 0) is 80.9 Å². The molecular formula is C25H38O3. The van der Waals surface area contributed by atoms with E-state index in [4.69, 9.17) is 14.2 Å². The summed E-state index contributed by atoms with van der Waals surface area (Å²) in [5, 5.41) is 0. The smallest absolute Gasteiger partial charge is 0.119 e. The zero-order valence-electron chi connectivity index (χ0n) is 17.6. The number of fused-ring (bicyclic) bond motifs is 1. The Kier molecular flexibility index (Phi) is 7.31. The molecule has 156 valence electrons. The van der Waals surface area contributed by atoms with E-state index in [0.29, 0.717) is 24.2 Å². The second-order valence-electron chi connectivity index (χ2n) is 9.18. The molecule has 0 spiro atoms. The summed E-state index contributed by atoms with van der Waals surface area (Å²) < 4.78 is 17.8. The van der Waals surface area contributed by atoms with Crippen LogP contribution >= 0.6 is 0 Å². The first-order valence-electron chi connectivity index (χ1n) is 11.8. The third-order valence-electron chi connectivity index (χ3n) is 6.97. The summed E-state index contributed by atoms with van der Waals surface area (Å²) in [6, 6.07) is 8.88. The van der Waals surface area contributed by atoms with Gasteiger partial charge in [0.05, 0.1) is 24.9 Å². The lowest BCUT2D eigenvalue weighted by Gasteiger charge is -2.30. The van der Waals surface area contributed by atoms with Crippen LogP contribution in [-0.2, 0) is 9.47 Å². The van der Waals surface area contributed by atoms with Crippen molar-refractivity contribution in [3.8, 4) is 5.75 Å². The molecule has 0 radical (unpaired) electrons. The van der Waals surface area contributed by atoms with E-state index < -0.39 is 0 Å². The topological polar surface area (TPSA) is 31.0 Å². The van der Waals surface area contributed by atoms with E-state index in [1.807, 2.05) is 0 Å². The standard InChI is InChI=1S/C25H38O3/c1-2-3-4-5-16-26-22-11-7-20(8-12-22)21-9-13-23(14-10-21)27-18-19-6-15-24-25(17-19)28-24/h7-8,11-12,19,21,23-25H,2-6,9-10,13-18H2,1H3. The molecule has 1 aliphatic heterocycles. The van der Waals surface area contributed by atoms with Gasteiger partial charge in [-0.3, -0.25) is 0 Å². The van der Waals surface area contributed by atoms with Gasteiger partial charge >= 0.3 is 0 Å². The molecule has 1 heterocycles. The van der Waals surface area contributed by atoms with Crippen LogP contribution in [0.1, 0.15) is 89.0 Å². The van der Waals surface area contributed by atoms with Gasteiger partial charge in [-0.25, -0.2) is 0 Å².